The molecule has 2 aromatic rings. The second kappa shape index (κ2) is 6.11. The number of ether oxygens (including phenoxy) is 2. The molecule has 1 aromatic heterocycles. The van der Waals surface area contributed by atoms with Crippen LogP contribution >= 0.6 is 0 Å². The summed E-state index contributed by atoms with van der Waals surface area (Å²) in [5.74, 6) is 7.34. The summed E-state index contributed by atoms with van der Waals surface area (Å²) in [5.41, 5.74) is 6.33. The molecule has 0 amide bonds. The van der Waals surface area contributed by atoms with Crippen molar-refractivity contribution in [2.45, 2.75) is 18.9 Å². The van der Waals surface area contributed by atoms with Crippen LogP contribution < -0.4 is 20.7 Å². The van der Waals surface area contributed by atoms with Gasteiger partial charge in [0.1, 0.15) is 5.75 Å². The number of pyridine rings is 1. The first kappa shape index (κ1) is 13.9. The summed E-state index contributed by atoms with van der Waals surface area (Å²) in [6, 6.07) is 10.1. The number of nitrogens with one attached hydrogen (secondary N) is 1. The van der Waals surface area contributed by atoms with Crippen molar-refractivity contribution in [3.05, 3.63) is 53.2 Å². The maximum absolute atomic E-state index is 5.76. The van der Waals surface area contributed by atoms with Crippen molar-refractivity contribution in [1.29, 1.82) is 0 Å². The molecule has 1 aliphatic heterocycles. The molecule has 1 aliphatic rings. The number of rotatable bonds is 5. The number of aromatic nitrogens is 1. The first-order valence-corrected chi connectivity index (χ1v) is 7.01. The van der Waals surface area contributed by atoms with Gasteiger partial charge in [0, 0.05) is 24.2 Å². The second-order valence-electron chi connectivity index (χ2n) is 5.07. The Bertz CT molecular complexity index is 613. The van der Waals surface area contributed by atoms with Crippen LogP contribution in [0.5, 0.6) is 11.6 Å². The predicted molar refractivity (Wildman–Crippen MR) is 80.2 cm³/mol. The standard InChI is InChI=1S/C16H19N3O2/c1-20-15-6-5-11(10-18-15)9-14(19-17)13-4-2-3-12-7-8-21-16(12)13/h2-6,10,14,19H,7-9,17H2,1H3. The van der Waals surface area contributed by atoms with Gasteiger partial charge in [-0.3, -0.25) is 11.3 Å². The smallest absolute Gasteiger partial charge is 0.212 e. The SMILES string of the molecule is COc1ccc(CC(NN)c2cccc3c2OCC3)cn1. The van der Waals surface area contributed by atoms with Gasteiger partial charge in [0.25, 0.3) is 0 Å². The molecule has 0 bridgehead atoms. The number of para-hydroxylation sites is 1. The molecule has 110 valence electrons. The Balaban J connectivity index is 1.83. The zero-order valence-electron chi connectivity index (χ0n) is 12.0. The summed E-state index contributed by atoms with van der Waals surface area (Å²) in [5, 5.41) is 0. The summed E-state index contributed by atoms with van der Waals surface area (Å²) in [4.78, 5) is 4.23. The maximum Gasteiger partial charge on any atom is 0.212 e. The number of hydrogen-bond acceptors (Lipinski definition) is 5. The van der Waals surface area contributed by atoms with Gasteiger partial charge in [-0.25, -0.2) is 4.98 Å². The van der Waals surface area contributed by atoms with Crippen molar-refractivity contribution < 1.29 is 9.47 Å². The molecule has 0 fully saturated rings. The van der Waals surface area contributed by atoms with E-state index in [-0.39, 0.29) is 6.04 Å². The molecule has 0 saturated carbocycles. The van der Waals surface area contributed by atoms with Crippen LogP contribution in [0.15, 0.2) is 36.5 Å². The van der Waals surface area contributed by atoms with E-state index in [1.54, 1.807) is 7.11 Å². The van der Waals surface area contributed by atoms with Crippen LogP contribution in [0.1, 0.15) is 22.7 Å². The van der Waals surface area contributed by atoms with Crippen LogP contribution in [0.2, 0.25) is 0 Å². The van der Waals surface area contributed by atoms with Gasteiger partial charge < -0.3 is 9.47 Å². The van der Waals surface area contributed by atoms with E-state index in [9.17, 15) is 0 Å². The van der Waals surface area contributed by atoms with E-state index >= 15 is 0 Å². The van der Waals surface area contributed by atoms with Crippen molar-refractivity contribution in [1.82, 2.24) is 10.4 Å². The maximum atomic E-state index is 5.76. The third-order valence-electron chi connectivity index (χ3n) is 3.77. The van der Waals surface area contributed by atoms with Gasteiger partial charge in [0.2, 0.25) is 5.88 Å². The molecule has 1 unspecified atom stereocenters. The molecule has 5 nitrogen and oxygen atoms in total. The second-order valence-corrected chi connectivity index (χ2v) is 5.07. The average Bonchev–Trinajstić information content (AvgIpc) is 3.02. The van der Waals surface area contributed by atoms with Gasteiger partial charge in [-0.2, -0.15) is 0 Å². The summed E-state index contributed by atoms with van der Waals surface area (Å²) < 4.78 is 10.8. The third kappa shape index (κ3) is 2.84. The van der Waals surface area contributed by atoms with E-state index in [1.807, 2.05) is 18.3 Å². The monoisotopic (exact) mass is 285 g/mol. The Labute approximate surface area is 124 Å². The summed E-state index contributed by atoms with van der Waals surface area (Å²) >= 11 is 0. The number of nitrogens with two attached hydrogens (primary N) is 1. The topological polar surface area (TPSA) is 69.4 Å². The number of hydrazine groups is 1. The third-order valence-corrected chi connectivity index (χ3v) is 3.77. The van der Waals surface area contributed by atoms with Gasteiger partial charge in [-0.05, 0) is 17.5 Å². The van der Waals surface area contributed by atoms with E-state index in [0.717, 1.165) is 36.3 Å². The molecule has 2 heterocycles. The zero-order valence-corrected chi connectivity index (χ0v) is 12.0. The van der Waals surface area contributed by atoms with Crippen molar-refractivity contribution in [3.8, 4) is 11.6 Å². The highest BCUT2D eigenvalue weighted by molar-refractivity contribution is 5.46. The summed E-state index contributed by atoms with van der Waals surface area (Å²) in [6.07, 6.45) is 3.52. The summed E-state index contributed by atoms with van der Waals surface area (Å²) in [6.45, 7) is 0.744. The van der Waals surface area contributed by atoms with Crippen molar-refractivity contribution in [2.75, 3.05) is 13.7 Å². The first-order valence-electron chi connectivity index (χ1n) is 7.01. The van der Waals surface area contributed by atoms with E-state index in [4.69, 9.17) is 15.3 Å². The number of methoxy groups -OCH3 is 1. The first-order chi connectivity index (χ1) is 10.3. The number of benzene rings is 1. The Kier molecular flexibility index (Phi) is 4.03. The van der Waals surface area contributed by atoms with Gasteiger partial charge >= 0.3 is 0 Å². The quantitative estimate of drug-likeness (QED) is 0.647. The lowest BCUT2D eigenvalue weighted by atomic mass is 9.97. The lowest BCUT2D eigenvalue weighted by Crippen LogP contribution is -2.30. The fourth-order valence-corrected chi connectivity index (χ4v) is 2.66. The van der Waals surface area contributed by atoms with E-state index in [1.165, 1.54) is 5.56 Å². The minimum absolute atomic E-state index is 0.00625. The highest BCUT2D eigenvalue weighted by Gasteiger charge is 2.21. The van der Waals surface area contributed by atoms with E-state index in [0.29, 0.717) is 5.88 Å². The van der Waals surface area contributed by atoms with Crippen molar-refractivity contribution in [3.63, 3.8) is 0 Å². The molecule has 1 aromatic carbocycles. The average molecular weight is 285 g/mol. The molecule has 5 heteroatoms. The van der Waals surface area contributed by atoms with Gasteiger partial charge in [-0.1, -0.05) is 24.3 Å². The zero-order chi connectivity index (χ0) is 14.7. The Morgan fingerprint density at radius 2 is 2.29 bits per heavy atom. The lowest BCUT2D eigenvalue weighted by Gasteiger charge is -2.19. The molecule has 0 radical (unpaired) electrons. The molecule has 21 heavy (non-hydrogen) atoms. The van der Waals surface area contributed by atoms with E-state index < -0.39 is 0 Å². The van der Waals surface area contributed by atoms with Crippen LogP contribution in [0.25, 0.3) is 0 Å². The molecule has 1 atom stereocenters. The minimum Gasteiger partial charge on any atom is -0.493 e. The predicted octanol–water partition coefficient (Wildman–Crippen LogP) is 1.77. The van der Waals surface area contributed by atoms with Crippen LogP contribution in [0.4, 0.5) is 0 Å². The normalized spacial score (nSPS) is 14.4. The fourth-order valence-electron chi connectivity index (χ4n) is 2.66. The van der Waals surface area contributed by atoms with Crippen LogP contribution in [-0.2, 0) is 12.8 Å². The summed E-state index contributed by atoms with van der Waals surface area (Å²) in [7, 11) is 1.61. The molecule has 3 rings (SSSR count). The Hall–Kier alpha value is -2.11. The minimum atomic E-state index is -0.00625. The van der Waals surface area contributed by atoms with Crippen molar-refractivity contribution in [2.24, 2.45) is 5.84 Å². The lowest BCUT2D eigenvalue weighted by molar-refractivity contribution is 0.348. The largest absolute Gasteiger partial charge is 0.493 e. The van der Waals surface area contributed by atoms with Gasteiger partial charge in [0.15, 0.2) is 0 Å². The number of hydrogen-bond donors (Lipinski definition) is 2. The highest BCUT2D eigenvalue weighted by atomic mass is 16.5. The van der Waals surface area contributed by atoms with Crippen LogP contribution in [0, 0.1) is 0 Å². The molecule has 3 N–H and O–H groups in total. The number of fused-ring (bicyclic) bond motifs is 1. The van der Waals surface area contributed by atoms with Crippen molar-refractivity contribution >= 4 is 0 Å². The molecular weight excluding hydrogens is 266 g/mol. The Morgan fingerprint density at radius 3 is 3.00 bits per heavy atom. The Morgan fingerprint density at radius 1 is 1.38 bits per heavy atom. The van der Waals surface area contributed by atoms with E-state index in [2.05, 4.69) is 28.6 Å². The fraction of sp³-hybridized carbons (Fsp3) is 0.312. The van der Waals surface area contributed by atoms with Gasteiger partial charge in [-0.15, -0.1) is 0 Å². The highest BCUT2D eigenvalue weighted by Crippen LogP contribution is 2.34. The van der Waals surface area contributed by atoms with Crippen LogP contribution in [0.3, 0.4) is 0 Å². The molecule has 0 aliphatic carbocycles. The molecule has 0 spiro atoms. The van der Waals surface area contributed by atoms with Gasteiger partial charge in [0.05, 0.1) is 19.8 Å². The number of nitrogens with zero attached hydrogens (tertiary/aromatic N) is 1. The van der Waals surface area contributed by atoms with Crippen LogP contribution in [-0.4, -0.2) is 18.7 Å². The molecular formula is C16H19N3O2. The molecule has 0 saturated heterocycles.